The Balaban J connectivity index is 1.06. The maximum absolute atomic E-state index is 12.5. The lowest BCUT2D eigenvalue weighted by Gasteiger charge is -2.56. The highest BCUT2D eigenvalue weighted by molar-refractivity contribution is 5.69. The molecule has 50 heavy (non-hydrogen) atoms. The van der Waals surface area contributed by atoms with E-state index in [2.05, 4.69) is 68.5 Å². The van der Waals surface area contributed by atoms with Crippen LogP contribution < -0.4 is 0 Å². The molecule has 286 valence electrons. The first kappa shape index (κ1) is 40.9. The van der Waals surface area contributed by atoms with Crippen molar-refractivity contribution >= 4 is 11.9 Å². The molecule has 0 radical (unpaired) electrons. The molecule has 0 aromatic heterocycles. The Bertz CT molecular complexity index is 1060. The van der Waals surface area contributed by atoms with Crippen molar-refractivity contribution in [2.24, 2.45) is 0 Å². The zero-order valence-corrected chi connectivity index (χ0v) is 32.0. The Kier molecular flexibility index (Phi) is 13.4. The summed E-state index contributed by atoms with van der Waals surface area (Å²) < 4.78 is 36.3. The van der Waals surface area contributed by atoms with Crippen LogP contribution in [0.3, 0.4) is 0 Å². The summed E-state index contributed by atoms with van der Waals surface area (Å²) in [6, 6.07) is 0. The molecule has 4 saturated heterocycles. The van der Waals surface area contributed by atoms with Gasteiger partial charge in [-0.2, -0.15) is 10.1 Å². The van der Waals surface area contributed by atoms with Gasteiger partial charge >= 0.3 is 11.9 Å². The molecule has 0 saturated carbocycles. The highest BCUT2D eigenvalue weighted by Gasteiger charge is 2.59. The minimum Gasteiger partial charge on any atom is -0.463 e. The van der Waals surface area contributed by atoms with Crippen LogP contribution in [0, 0.1) is 0 Å². The lowest BCUT2D eigenvalue weighted by molar-refractivity contribution is -0.334. The van der Waals surface area contributed by atoms with E-state index in [1.165, 1.54) is 0 Å². The van der Waals surface area contributed by atoms with Gasteiger partial charge in [-0.25, -0.2) is 0 Å². The second-order valence-electron chi connectivity index (χ2n) is 16.9. The zero-order chi connectivity index (χ0) is 36.8. The lowest BCUT2D eigenvalue weighted by atomic mass is 9.78. The van der Waals surface area contributed by atoms with E-state index in [1.807, 2.05) is 10.1 Å². The van der Waals surface area contributed by atoms with Crippen LogP contribution in [-0.2, 0) is 47.7 Å². The number of hydrogen-bond donors (Lipinski definition) is 0. The standard InChI is InChI=1S/C38H64N2O10/c1-11-19-47-39-33(3,4)25-37(26-34(39,5)6)45-23-29(49-37)21-43-31(41)17-15-13-14-16-18-32(42)44-22-30-24-46-38(50-30)27-35(7,8)40(48-20-12-2)36(9,10)28-38/h11-12,29-30H,1-2,13-28H2,3-10H3. The Hall–Kier alpha value is -1.90. The molecule has 4 aliphatic rings. The number of nitrogens with zero attached hydrogens (tertiary/aromatic N) is 2. The number of esters is 2. The summed E-state index contributed by atoms with van der Waals surface area (Å²) in [6.45, 7) is 26.4. The van der Waals surface area contributed by atoms with E-state index in [1.54, 1.807) is 12.2 Å². The van der Waals surface area contributed by atoms with Gasteiger partial charge in [-0.3, -0.25) is 19.3 Å². The summed E-state index contributed by atoms with van der Waals surface area (Å²) in [6.07, 6.45) is 9.08. The molecule has 12 nitrogen and oxygen atoms in total. The van der Waals surface area contributed by atoms with Gasteiger partial charge in [0.15, 0.2) is 11.6 Å². The molecule has 4 heterocycles. The molecule has 0 aromatic rings. The van der Waals surface area contributed by atoms with Gasteiger partial charge in [0.1, 0.15) is 25.4 Å². The second kappa shape index (κ2) is 16.4. The Morgan fingerprint density at radius 2 is 0.960 bits per heavy atom. The molecule has 0 N–H and O–H groups in total. The summed E-state index contributed by atoms with van der Waals surface area (Å²) in [5.41, 5.74) is -1.31. The molecule has 4 aliphatic heterocycles. The van der Waals surface area contributed by atoms with Gasteiger partial charge in [0.2, 0.25) is 0 Å². The van der Waals surface area contributed by atoms with Crippen molar-refractivity contribution in [3.8, 4) is 0 Å². The van der Waals surface area contributed by atoms with Crippen molar-refractivity contribution in [1.29, 1.82) is 0 Å². The van der Waals surface area contributed by atoms with Gasteiger partial charge in [-0.1, -0.05) is 25.0 Å². The van der Waals surface area contributed by atoms with E-state index in [0.717, 1.165) is 12.8 Å². The Labute approximate surface area is 299 Å². The normalized spacial score (nSPS) is 27.7. The first-order valence-electron chi connectivity index (χ1n) is 18.4. The number of piperidine rings is 2. The summed E-state index contributed by atoms with van der Waals surface area (Å²) >= 11 is 0. The van der Waals surface area contributed by atoms with Crippen LogP contribution >= 0.6 is 0 Å². The van der Waals surface area contributed by atoms with E-state index < -0.39 is 11.6 Å². The summed E-state index contributed by atoms with van der Waals surface area (Å²) in [4.78, 5) is 36.9. The average molecular weight is 709 g/mol. The first-order valence-corrected chi connectivity index (χ1v) is 18.4. The number of unbranched alkanes of at least 4 members (excludes halogenated alkanes) is 3. The molecule has 0 bridgehead atoms. The fourth-order valence-corrected chi connectivity index (χ4v) is 8.82. The Morgan fingerprint density at radius 1 is 0.620 bits per heavy atom. The van der Waals surface area contributed by atoms with Crippen molar-refractivity contribution < 1.29 is 47.7 Å². The van der Waals surface area contributed by atoms with Crippen molar-refractivity contribution in [3.05, 3.63) is 25.3 Å². The molecular formula is C38H64N2O10. The minimum atomic E-state index is -0.743. The SMILES string of the molecule is C=CCON1C(C)(C)CC2(CC1(C)C)OCC(COC(=O)CCCCCCC(=O)OCC1COC3(CC(C)(C)N(OCC=C)C(C)(C)C3)O1)O2. The van der Waals surface area contributed by atoms with E-state index >= 15 is 0 Å². The maximum atomic E-state index is 12.5. The van der Waals surface area contributed by atoms with Crippen LogP contribution in [0.15, 0.2) is 25.3 Å². The summed E-state index contributed by atoms with van der Waals surface area (Å²) in [5.74, 6) is -1.99. The Morgan fingerprint density at radius 3 is 1.28 bits per heavy atom. The molecule has 0 amide bonds. The third-order valence-electron chi connectivity index (χ3n) is 9.85. The number of carbonyl (C=O) groups is 2. The molecule has 0 aliphatic carbocycles. The van der Waals surface area contributed by atoms with Crippen LogP contribution in [0.2, 0.25) is 0 Å². The van der Waals surface area contributed by atoms with Gasteiger partial charge in [-0.05, 0) is 68.2 Å². The van der Waals surface area contributed by atoms with Crippen molar-refractivity contribution in [3.63, 3.8) is 0 Å². The highest BCUT2D eigenvalue weighted by atomic mass is 16.8. The largest absolute Gasteiger partial charge is 0.463 e. The smallest absolute Gasteiger partial charge is 0.305 e. The zero-order valence-electron chi connectivity index (χ0n) is 32.0. The quantitative estimate of drug-likeness (QED) is 0.0977. The average Bonchev–Trinajstić information content (AvgIpc) is 3.56. The lowest BCUT2D eigenvalue weighted by Crippen LogP contribution is -2.65. The van der Waals surface area contributed by atoms with Gasteiger partial charge in [0, 0.05) is 60.7 Å². The predicted octanol–water partition coefficient (Wildman–Crippen LogP) is 6.18. The van der Waals surface area contributed by atoms with Crippen LogP contribution in [0.25, 0.3) is 0 Å². The van der Waals surface area contributed by atoms with Gasteiger partial charge in [0.25, 0.3) is 0 Å². The van der Waals surface area contributed by atoms with E-state index in [-0.39, 0.29) is 59.5 Å². The molecule has 4 rings (SSSR count). The van der Waals surface area contributed by atoms with Crippen LogP contribution in [0.4, 0.5) is 0 Å². The molecule has 2 atom stereocenters. The van der Waals surface area contributed by atoms with Crippen molar-refractivity contribution in [2.75, 3.05) is 39.6 Å². The van der Waals surface area contributed by atoms with E-state index in [4.69, 9.17) is 38.1 Å². The van der Waals surface area contributed by atoms with Crippen molar-refractivity contribution in [2.45, 2.75) is 166 Å². The molecule has 4 fully saturated rings. The molecule has 2 unspecified atom stereocenters. The number of rotatable bonds is 17. The van der Waals surface area contributed by atoms with Gasteiger partial charge in [0.05, 0.1) is 26.4 Å². The van der Waals surface area contributed by atoms with Crippen LogP contribution in [0.5, 0.6) is 0 Å². The molecule has 0 aromatic carbocycles. The minimum absolute atomic E-state index is 0.166. The highest BCUT2D eigenvalue weighted by Crippen LogP contribution is 2.49. The topological polar surface area (TPSA) is 114 Å². The monoisotopic (exact) mass is 708 g/mol. The third kappa shape index (κ3) is 10.4. The fourth-order valence-electron chi connectivity index (χ4n) is 8.82. The van der Waals surface area contributed by atoms with Crippen LogP contribution in [0.1, 0.15) is 120 Å². The first-order chi connectivity index (χ1) is 23.4. The van der Waals surface area contributed by atoms with Crippen LogP contribution in [-0.4, -0.2) is 108 Å². The number of hydroxylamine groups is 4. The molecule has 2 spiro atoms. The fraction of sp³-hybridized carbons (Fsp3) is 0.842. The summed E-state index contributed by atoms with van der Waals surface area (Å²) in [5, 5.41) is 4.05. The summed E-state index contributed by atoms with van der Waals surface area (Å²) in [7, 11) is 0. The van der Waals surface area contributed by atoms with Gasteiger partial charge < -0.3 is 28.4 Å². The van der Waals surface area contributed by atoms with Gasteiger partial charge in [-0.15, -0.1) is 13.2 Å². The maximum Gasteiger partial charge on any atom is 0.305 e. The van der Waals surface area contributed by atoms with E-state index in [0.29, 0.717) is 77.8 Å². The number of ether oxygens (including phenoxy) is 6. The van der Waals surface area contributed by atoms with Crippen molar-refractivity contribution in [1.82, 2.24) is 10.1 Å². The second-order valence-corrected chi connectivity index (χ2v) is 16.9. The molecule has 12 heteroatoms. The third-order valence-corrected chi connectivity index (χ3v) is 9.85. The predicted molar refractivity (Wildman–Crippen MR) is 187 cm³/mol. The number of hydrogen-bond acceptors (Lipinski definition) is 12. The molecular weight excluding hydrogens is 644 g/mol. The van der Waals surface area contributed by atoms with E-state index in [9.17, 15) is 9.59 Å². The number of carbonyl (C=O) groups excluding carboxylic acids is 2.